The molecule has 0 aromatic heterocycles. The highest BCUT2D eigenvalue weighted by Gasteiger charge is 2.22. The number of hydrogen-bond acceptors (Lipinski definition) is 7. The van der Waals surface area contributed by atoms with Crippen molar-refractivity contribution in [2.24, 2.45) is 0 Å². The third-order valence-corrected chi connectivity index (χ3v) is 5.69. The van der Waals surface area contributed by atoms with Gasteiger partial charge < -0.3 is 29.4 Å². The number of aliphatic carboxylic acids is 1. The normalized spacial score (nSPS) is 13.8. The first-order chi connectivity index (χ1) is 18.9. The number of carboxylic acids is 1. The topological polar surface area (TPSA) is 107 Å². The third kappa shape index (κ3) is 7.69. The summed E-state index contributed by atoms with van der Waals surface area (Å²) in [7, 11) is 1.53. The molecule has 9 nitrogen and oxygen atoms in total. The molecule has 1 aliphatic heterocycles. The number of hydrogen-bond donors (Lipinski definition) is 2. The fourth-order valence-corrected chi connectivity index (χ4v) is 3.71. The smallest absolute Gasteiger partial charge is 0.416 e. The zero-order valence-corrected chi connectivity index (χ0v) is 21.5. The molecule has 0 aliphatic carbocycles. The van der Waals surface area contributed by atoms with Gasteiger partial charge in [0.05, 0.1) is 7.11 Å². The zero-order chi connectivity index (χ0) is 27.6. The number of benzene rings is 3. The molecule has 0 fully saturated rings. The van der Waals surface area contributed by atoms with Crippen LogP contribution >= 0.6 is 0 Å². The van der Waals surface area contributed by atoms with Gasteiger partial charge in [-0.05, 0) is 54.8 Å². The second-order valence-corrected chi connectivity index (χ2v) is 8.51. The molecule has 4 rings (SSSR count). The monoisotopic (exact) mass is 528 g/mol. The van der Waals surface area contributed by atoms with Crippen molar-refractivity contribution in [3.05, 3.63) is 101 Å². The number of carboxylic acid groups (broad SMARTS) is 1. The molecule has 3 aromatic carbocycles. The summed E-state index contributed by atoms with van der Waals surface area (Å²) in [6.07, 6.45) is -1.04. The van der Waals surface area contributed by atoms with E-state index in [0.717, 1.165) is 16.2 Å². The highest BCUT2D eigenvalue weighted by atomic mass is 16.6. The molecule has 1 atom stereocenters. The van der Waals surface area contributed by atoms with Crippen LogP contribution in [0, 0.1) is 11.8 Å². The largest absolute Gasteiger partial charge is 0.497 e. The maximum Gasteiger partial charge on any atom is 0.416 e. The van der Waals surface area contributed by atoms with Crippen LogP contribution in [0.4, 0.5) is 4.79 Å². The van der Waals surface area contributed by atoms with Crippen molar-refractivity contribution in [2.75, 3.05) is 20.3 Å². The summed E-state index contributed by atoms with van der Waals surface area (Å²) in [4.78, 5) is 25.1. The summed E-state index contributed by atoms with van der Waals surface area (Å²) in [5, 5.41) is 12.5. The zero-order valence-electron chi connectivity index (χ0n) is 21.5. The van der Waals surface area contributed by atoms with Gasteiger partial charge in [0, 0.05) is 12.1 Å². The van der Waals surface area contributed by atoms with Gasteiger partial charge in [-0.2, -0.15) is 0 Å². The summed E-state index contributed by atoms with van der Waals surface area (Å²) < 4.78 is 22.0. The summed E-state index contributed by atoms with van der Waals surface area (Å²) in [6, 6.07) is 23.2. The van der Waals surface area contributed by atoms with E-state index in [1.807, 2.05) is 37.3 Å². The van der Waals surface area contributed by atoms with E-state index in [-0.39, 0.29) is 25.1 Å². The van der Waals surface area contributed by atoms with Crippen molar-refractivity contribution < 1.29 is 33.6 Å². The number of carbonyl (C=O) groups excluding carboxylic acids is 1. The van der Waals surface area contributed by atoms with Gasteiger partial charge in [0.2, 0.25) is 0 Å². The summed E-state index contributed by atoms with van der Waals surface area (Å²) >= 11 is 0. The van der Waals surface area contributed by atoms with E-state index in [2.05, 4.69) is 17.2 Å². The Balaban J connectivity index is 1.29. The summed E-state index contributed by atoms with van der Waals surface area (Å²) in [5.74, 6) is 7.06. The van der Waals surface area contributed by atoms with Gasteiger partial charge in [-0.15, -0.1) is 0 Å². The molecule has 200 valence electrons. The Hall–Kier alpha value is -5.10. The molecule has 2 N–H and O–H groups in total. The lowest BCUT2D eigenvalue weighted by molar-refractivity contribution is -0.138. The Bertz CT molecular complexity index is 1370. The van der Waals surface area contributed by atoms with Gasteiger partial charge in [0.1, 0.15) is 41.9 Å². The maximum absolute atomic E-state index is 12.6. The number of methoxy groups -OCH3 is 1. The molecule has 0 saturated carbocycles. The molecule has 1 amide bonds. The van der Waals surface area contributed by atoms with Gasteiger partial charge in [0.25, 0.3) is 0 Å². The first-order valence-corrected chi connectivity index (χ1v) is 12.1. The molecule has 0 spiro atoms. The Labute approximate surface area is 226 Å². The molecule has 0 radical (unpaired) electrons. The molecule has 9 heteroatoms. The first-order valence-electron chi connectivity index (χ1n) is 12.1. The van der Waals surface area contributed by atoms with E-state index in [0.29, 0.717) is 22.8 Å². The van der Waals surface area contributed by atoms with Gasteiger partial charge in [0.15, 0.2) is 6.23 Å². The van der Waals surface area contributed by atoms with Crippen LogP contribution < -0.4 is 19.5 Å². The van der Waals surface area contributed by atoms with Crippen molar-refractivity contribution >= 4 is 12.1 Å². The molecular weight excluding hydrogens is 500 g/mol. The fraction of sp³-hybridized carbons (Fsp3) is 0.200. The molecule has 1 aliphatic rings. The minimum Gasteiger partial charge on any atom is -0.497 e. The van der Waals surface area contributed by atoms with Crippen LogP contribution in [0.3, 0.4) is 0 Å². The molecule has 3 aromatic rings. The maximum atomic E-state index is 12.6. The van der Waals surface area contributed by atoms with Crippen LogP contribution in [-0.2, 0) is 16.1 Å². The van der Waals surface area contributed by atoms with E-state index in [4.69, 9.17) is 18.9 Å². The number of allylic oxidation sites excluding steroid dienone is 2. The van der Waals surface area contributed by atoms with Crippen LogP contribution in [0.2, 0.25) is 0 Å². The predicted octanol–water partition coefficient (Wildman–Crippen LogP) is 4.71. The van der Waals surface area contributed by atoms with Crippen molar-refractivity contribution in [1.29, 1.82) is 0 Å². The molecule has 0 saturated heterocycles. The minimum absolute atomic E-state index is 0.0447. The van der Waals surface area contributed by atoms with E-state index in [9.17, 15) is 14.7 Å². The van der Waals surface area contributed by atoms with E-state index >= 15 is 0 Å². The Morgan fingerprint density at radius 2 is 1.64 bits per heavy atom. The highest BCUT2D eigenvalue weighted by Crippen LogP contribution is 2.26. The van der Waals surface area contributed by atoms with Crippen LogP contribution in [0.1, 0.15) is 24.3 Å². The standard InChI is InChI=1S/C30H28N2O7/c1-21-27(31-29(38-21)23-7-4-3-5-8-23)9-6-18-37-25-12-10-22(11-13-25)19-32(20-28(33)34)30(35)39-26-16-14-24(36-2)15-17-26/h3-5,7-8,10-17,29,31H,18-20H2,1-2H3,(H,33,34). The molecule has 0 bridgehead atoms. The lowest BCUT2D eigenvalue weighted by atomic mass is 10.2. The number of amides is 1. The second kappa shape index (κ2) is 12.9. The molecular formula is C30H28N2O7. The van der Waals surface area contributed by atoms with Crippen LogP contribution in [0.15, 0.2) is 90.3 Å². The molecule has 1 heterocycles. The fourth-order valence-electron chi connectivity index (χ4n) is 3.71. The lowest BCUT2D eigenvalue weighted by Crippen LogP contribution is -2.37. The van der Waals surface area contributed by atoms with E-state index in [1.165, 1.54) is 7.11 Å². The highest BCUT2D eigenvalue weighted by molar-refractivity contribution is 5.78. The van der Waals surface area contributed by atoms with E-state index in [1.54, 1.807) is 48.5 Å². The van der Waals surface area contributed by atoms with Crippen molar-refractivity contribution in [2.45, 2.75) is 19.7 Å². The summed E-state index contributed by atoms with van der Waals surface area (Å²) in [5.41, 5.74) is 2.44. The second-order valence-electron chi connectivity index (χ2n) is 8.51. The van der Waals surface area contributed by atoms with Gasteiger partial charge in [-0.1, -0.05) is 48.4 Å². The van der Waals surface area contributed by atoms with Crippen molar-refractivity contribution in [3.63, 3.8) is 0 Å². The number of ether oxygens (including phenoxy) is 4. The number of nitrogens with zero attached hydrogens (tertiary/aromatic N) is 1. The Kier molecular flexibility index (Phi) is 8.93. The van der Waals surface area contributed by atoms with E-state index < -0.39 is 18.6 Å². The average molecular weight is 529 g/mol. The van der Waals surface area contributed by atoms with Crippen molar-refractivity contribution in [3.8, 4) is 29.1 Å². The number of carbonyl (C=O) groups is 2. The minimum atomic E-state index is -1.15. The third-order valence-electron chi connectivity index (χ3n) is 5.69. The van der Waals surface area contributed by atoms with Gasteiger partial charge in [-0.25, -0.2) is 4.79 Å². The Morgan fingerprint density at radius 1 is 0.974 bits per heavy atom. The Morgan fingerprint density at radius 3 is 2.31 bits per heavy atom. The first kappa shape index (κ1) is 26.9. The number of rotatable bonds is 9. The quantitative estimate of drug-likeness (QED) is 0.385. The SMILES string of the molecule is COc1ccc(OC(=O)N(CC(=O)O)Cc2ccc(OCC#CC3=C(C)OC(c4ccccc4)N3)cc2)cc1. The molecule has 1 unspecified atom stereocenters. The van der Waals surface area contributed by atoms with Crippen molar-refractivity contribution in [1.82, 2.24) is 10.2 Å². The summed E-state index contributed by atoms with van der Waals surface area (Å²) in [6.45, 7) is 1.55. The predicted molar refractivity (Wildman–Crippen MR) is 143 cm³/mol. The average Bonchev–Trinajstić information content (AvgIpc) is 3.32. The number of nitrogens with one attached hydrogen (secondary N) is 1. The molecule has 39 heavy (non-hydrogen) atoms. The van der Waals surface area contributed by atoms with Crippen LogP contribution in [-0.4, -0.2) is 42.3 Å². The van der Waals surface area contributed by atoms with Crippen LogP contribution in [0.5, 0.6) is 17.2 Å². The van der Waals surface area contributed by atoms with Crippen LogP contribution in [0.25, 0.3) is 0 Å². The van der Waals surface area contributed by atoms with Gasteiger partial charge in [-0.3, -0.25) is 9.69 Å². The van der Waals surface area contributed by atoms with Gasteiger partial charge >= 0.3 is 12.1 Å². The lowest BCUT2D eigenvalue weighted by Gasteiger charge is -2.20.